The summed E-state index contributed by atoms with van der Waals surface area (Å²) in [5.41, 5.74) is 3.32. The van der Waals surface area contributed by atoms with Crippen molar-refractivity contribution in [3.8, 4) is 0 Å². The second-order valence-electron chi connectivity index (χ2n) is 6.68. The van der Waals surface area contributed by atoms with Gasteiger partial charge in [-0.3, -0.25) is 4.79 Å². The smallest absolute Gasteiger partial charge is 0.399 e. The first-order chi connectivity index (χ1) is 9.19. The Hall–Kier alpha value is -1.33. The number of amides is 1. The Morgan fingerprint density at radius 3 is 2.35 bits per heavy atom. The molecule has 0 unspecified atom stereocenters. The maximum atomic E-state index is 11.5. The fraction of sp³-hybridized carbons (Fsp3) is 0.533. The van der Waals surface area contributed by atoms with Crippen molar-refractivity contribution in [2.75, 3.05) is 5.32 Å². The summed E-state index contributed by atoms with van der Waals surface area (Å²) in [7, 11) is -0.374. The molecule has 1 fully saturated rings. The van der Waals surface area contributed by atoms with Gasteiger partial charge < -0.3 is 14.6 Å². The molecule has 1 saturated heterocycles. The zero-order valence-electron chi connectivity index (χ0n) is 12.7. The maximum absolute atomic E-state index is 11.5. The third-order valence-corrected chi connectivity index (χ3v) is 4.62. The van der Waals surface area contributed by atoms with Gasteiger partial charge >= 0.3 is 7.12 Å². The molecule has 1 aromatic carbocycles. The quantitative estimate of drug-likeness (QED) is 0.793. The predicted octanol–water partition coefficient (Wildman–Crippen LogP) is 1.79. The minimum absolute atomic E-state index is 0.0467. The Labute approximate surface area is 120 Å². The summed E-state index contributed by atoms with van der Waals surface area (Å²) in [5, 5.41) is 2.87. The normalized spacial score (nSPS) is 22.9. The first kappa shape index (κ1) is 13.6. The monoisotopic (exact) mass is 273 g/mol. The average Bonchev–Trinajstić information content (AvgIpc) is 2.74. The van der Waals surface area contributed by atoms with Gasteiger partial charge in [0.05, 0.1) is 17.6 Å². The van der Waals surface area contributed by atoms with E-state index < -0.39 is 0 Å². The van der Waals surface area contributed by atoms with E-state index in [9.17, 15) is 4.79 Å². The number of anilines is 1. The number of rotatable bonds is 1. The number of benzene rings is 1. The van der Waals surface area contributed by atoms with Crippen LogP contribution in [0.2, 0.25) is 0 Å². The van der Waals surface area contributed by atoms with E-state index in [1.807, 2.05) is 46.8 Å². The summed E-state index contributed by atoms with van der Waals surface area (Å²) in [6.45, 7) is 10.2. The van der Waals surface area contributed by atoms with Gasteiger partial charge in [0.15, 0.2) is 0 Å². The number of fused-ring (bicyclic) bond motifs is 1. The Morgan fingerprint density at radius 2 is 1.75 bits per heavy atom. The number of nitrogens with one attached hydrogen (secondary N) is 1. The highest BCUT2D eigenvalue weighted by Crippen LogP contribution is 2.37. The first-order valence-corrected chi connectivity index (χ1v) is 6.98. The Kier molecular flexibility index (Phi) is 2.79. The molecule has 1 amide bonds. The van der Waals surface area contributed by atoms with Gasteiger partial charge in [-0.2, -0.15) is 0 Å². The molecule has 0 saturated carbocycles. The molecule has 4 nitrogen and oxygen atoms in total. The summed E-state index contributed by atoms with van der Waals surface area (Å²) in [6, 6.07) is 4.03. The van der Waals surface area contributed by atoms with Gasteiger partial charge in [0, 0.05) is 5.69 Å². The van der Waals surface area contributed by atoms with E-state index in [1.54, 1.807) is 0 Å². The second kappa shape index (κ2) is 4.09. The SMILES string of the molecule is Cc1cc2c(cc1B1OC(C)(C)C(C)(C)O1)CC(=O)N2. The van der Waals surface area contributed by atoms with Crippen molar-refractivity contribution >= 4 is 24.2 Å². The molecule has 2 aliphatic rings. The van der Waals surface area contributed by atoms with Crippen molar-refractivity contribution in [1.82, 2.24) is 0 Å². The highest BCUT2D eigenvalue weighted by molar-refractivity contribution is 6.62. The molecule has 0 bridgehead atoms. The number of hydrogen-bond donors (Lipinski definition) is 1. The third kappa shape index (κ3) is 1.96. The number of aryl methyl sites for hydroxylation is 1. The lowest BCUT2D eigenvalue weighted by Crippen LogP contribution is -2.41. The zero-order valence-corrected chi connectivity index (χ0v) is 12.7. The summed E-state index contributed by atoms with van der Waals surface area (Å²) in [5.74, 6) is 0.0467. The average molecular weight is 273 g/mol. The van der Waals surface area contributed by atoms with Gasteiger partial charge in [0.1, 0.15) is 0 Å². The molecule has 0 aromatic heterocycles. The Bertz CT molecular complexity index is 579. The van der Waals surface area contributed by atoms with Crippen LogP contribution >= 0.6 is 0 Å². The molecule has 20 heavy (non-hydrogen) atoms. The molecule has 5 heteroatoms. The summed E-state index contributed by atoms with van der Waals surface area (Å²) in [4.78, 5) is 11.5. The molecule has 0 spiro atoms. The van der Waals surface area contributed by atoms with Crippen molar-refractivity contribution in [3.63, 3.8) is 0 Å². The summed E-state index contributed by atoms with van der Waals surface area (Å²) >= 11 is 0. The van der Waals surface area contributed by atoms with Crippen molar-refractivity contribution in [2.45, 2.75) is 52.2 Å². The van der Waals surface area contributed by atoms with Gasteiger partial charge in [-0.1, -0.05) is 6.07 Å². The van der Waals surface area contributed by atoms with Crippen molar-refractivity contribution in [3.05, 3.63) is 23.3 Å². The van der Waals surface area contributed by atoms with Crippen molar-refractivity contribution in [2.24, 2.45) is 0 Å². The van der Waals surface area contributed by atoms with Crippen LogP contribution in [0.3, 0.4) is 0 Å². The topological polar surface area (TPSA) is 47.6 Å². The molecule has 3 rings (SSSR count). The summed E-state index contributed by atoms with van der Waals surface area (Å²) in [6.07, 6.45) is 0.433. The molecular weight excluding hydrogens is 253 g/mol. The van der Waals surface area contributed by atoms with Crippen LogP contribution in [-0.4, -0.2) is 24.2 Å². The highest BCUT2D eigenvalue weighted by Gasteiger charge is 2.52. The van der Waals surface area contributed by atoms with Crippen LogP contribution in [0.4, 0.5) is 5.69 Å². The predicted molar refractivity (Wildman–Crippen MR) is 79.2 cm³/mol. The number of hydrogen-bond acceptors (Lipinski definition) is 3. The molecule has 2 heterocycles. The molecule has 0 radical (unpaired) electrons. The Balaban J connectivity index is 1.97. The molecule has 0 aliphatic carbocycles. The lowest BCUT2D eigenvalue weighted by Gasteiger charge is -2.32. The van der Waals surface area contributed by atoms with Gasteiger partial charge in [-0.05, 0) is 57.3 Å². The van der Waals surface area contributed by atoms with Gasteiger partial charge in [-0.25, -0.2) is 0 Å². The van der Waals surface area contributed by atoms with Crippen LogP contribution in [0.5, 0.6) is 0 Å². The summed E-state index contributed by atoms with van der Waals surface area (Å²) < 4.78 is 12.2. The van der Waals surface area contributed by atoms with Crippen molar-refractivity contribution < 1.29 is 14.1 Å². The highest BCUT2D eigenvalue weighted by atomic mass is 16.7. The second-order valence-corrected chi connectivity index (χ2v) is 6.68. The number of carbonyl (C=O) groups excluding carboxylic acids is 1. The van der Waals surface area contributed by atoms with Crippen LogP contribution in [0, 0.1) is 6.92 Å². The maximum Gasteiger partial charge on any atom is 0.495 e. The van der Waals surface area contributed by atoms with Gasteiger partial charge in [-0.15, -0.1) is 0 Å². The van der Waals surface area contributed by atoms with Crippen LogP contribution in [0.25, 0.3) is 0 Å². The van der Waals surface area contributed by atoms with Crippen LogP contribution in [0.1, 0.15) is 38.8 Å². The van der Waals surface area contributed by atoms with E-state index in [4.69, 9.17) is 9.31 Å². The van der Waals surface area contributed by atoms with E-state index in [2.05, 4.69) is 5.32 Å². The molecule has 1 N–H and O–H groups in total. The molecular formula is C15H20BNO3. The van der Waals surface area contributed by atoms with E-state index >= 15 is 0 Å². The molecule has 0 atom stereocenters. The number of carbonyl (C=O) groups is 1. The fourth-order valence-electron chi connectivity index (χ4n) is 2.63. The van der Waals surface area contributed by atoms with E-state index in [1.165, 1.54) is 0 Å². The lowest BCUT2D eigenvalue weighted by atomic mass is 9.75. The first-order valence-electron chi connectivity index (χ1n) is 6.98. The van der Waals surface area contributed by atoms with Crippen LogP contribution in [-0.2, 0) is 20.5 Å². The van der Waals surface area contributed by atoms with E-state index in [0.717, 1.165) is 22.3 Å². The van der Waals surface area contributed by atoms with E-state index in [0.29, 0.717) is 6.42 Å². The molecule has 1 aromatic rings. The van der Waals surface area contributed by atoms with Gasteiger partial charge in [0.2, 0.25) is 5.91 Å². The minimum atomic E-state index is -0.374. The van der Waals surface area contributed by atoms with Gasteiger partial charge in [0.25, 0.3) is 0 Å². The van der Waals surface area contributed by atoms with Crippen LogP contribution < -0.4 is 10.8 Å². The largest absolute Gasteiger partial charge is 0.495 e. The zero-order chi connectivity index (χ0) is 14.7. The fourth-order valence-corrected chi connectivity index (χ4v) is 2.63. The van der Waals surface area contributed by atoms with Crippen molar-refractivity contribution in [1.29, 1.82) is 0 Å². The van der Waals surface area contributed by atoms with Crippen LogP contribution in [0.15, 0.2) is 12.1 Å². The molecule has 106 valence electrons. The standard InChI is InChI=1S/C15H20BNO3/c1-9-6-12-10(8-13(18)17-12)7-11(9)16-19-14(2,3)15(4,5)20-16/h6-7H,8H2,1-5H3,(H,17,18). The third-order valence-electron chi connectivity index (χ3n) is 4.62. The minimum Gasteiger partial charge on any atom is -0.399 e. The Morgan fingerprint density at radius 1 is 1.15 bits per heavy atom. The van der Waals surface area contributed by atoms with E-state index in [-0.39, 0.29) is 24.2 Å². The lowest BCUT2D eigenvalue weighted by molar-refractivity contribution is -0.115. The molecule has 2 aliphatic heterocycles.